The summed E-state index contributed by atoms with van der Waals surface area (Å²) in [4.78, 5) is 19.9. The van der Waals surface area contributed by atoms with Gasteiger partial charge in [-0.1, -0.05) is 17.7 Å². The molecule has 3 atom stereocenters. The minimum Gasteiger partial charge on any atom is -0.359 e. The quantitative estimate of drug-likeness (QED) is 0.327. The summed E-state index contributed by atoms with van der Waals surface area (Å²) in [7, 11) is 1.46. The van der Waals surface area contributed by atoms with Crippen LogP contribution >= 0.6 is 23.4 Å². The lowest BCUT2D eigenvalue weighted by atomic mass is 9.96. The van der Waals surface area contributed by atoms with Crippen LogP contribution in [-0.4, -0.2) is 60.5 Å². The molecular formula is C26H27ClF4N4O3S. The molecule has 39 heavy (non-hydrogen) atoms. The summed E-state index contributed by atoms with van der Waals surface area (Å²) in [5, 5.41) is 3.31. The highest BCUT2D eigenvalue weighted by molar-refractivity contribution is 7.99. The Morgan fingerprint density at radius 2 is 1.90 bits per heavy atom. The lowest BCUT2D eigenvalue weighted by Gasteiger charge is -2.37. The van der Waals surface area contributed by atoms with E-state index in [0.29, 0.717) is 18.6 Å². The number of anilines is 1. The van der Waals surface area contributed by atoms with Crippen LogP contribution in [0, 0.1) is 5.82 Å². The number of hydrogen-bond acceptors (Lipinski definition) is 7. The molecule has 1 fully saturated rings. The third-order valence-electron chi connectivity index (χ3n) is 6.79. The summed E-state index contributed by atoms with van der Waals surface area (Å²) in [6, 6.07) is 4.60. The molecule has 1 saturated heterocycles. The van der Waals surface area contributed by atoms with Gasteiger partial charge in [0.25, 0.3) is 0 Å². The molecule has 3 heterocycles. The highest BCUT2D eigenvalue weighted by Gasteiger charge is 2.39. The SMILES string of the molecule is COCO[C@@H]1CSc2c(-c3ccc(F)c(Cl)c3)c(C(F)(F)F)cc3c(N4C[C@@H](C)N[C@@H](C)C4)nc(=O)n(c23)C1. The number of benzene rings is 2. The molecule has 7 nitrogen and oxygen atoms in total. The molecule has 0 bridgehead atoms. The maximum atomic E-state index is 14.7. The molecule has 5 rings (SSSR count). The van der Waals surface area contributed by atoms with Crippen LogP contribution in [0.1, 0.15) is 19.4 Å². The predicted octanol–water partition coefficient (Wildman–Crippen LogP) is 5.16. The Bertz CT molecular complexity index is 1460. The van der Waals surface area contributed by atoms with E-state index >= 15 is 0 Å². The zero-order chi connectivity index (χ0) is 28.1. The average Bonchev–Trinajstić information content (AvgIpc) is 3.06. The van der Waals surface area contributed by atoms with Crippen LogP contribution < -0.4 is 15.9 Å². The molecule has 0 unspecified atom stereocenters. The summed E-state index contributed by atoms with van der Waals surface area (Å²) in [6.45, 7) is 4.90. The summed E-state index contributed by atoms with van der Waals surface area (Å²) in [6.07, 6.45) is -5.30. The van der Waals surface area contributed by atoms with Crippen molar-refractivity contribution < 1.29 is 27.0 Å². The van der Waals surface area contributed by atoms with E-state index < -0.39 is 29.4 Å². The van der Waals surface area contributed by atoms with Gasteiger partial charge in [0.15, 0.2) is 0 Å². The maximum Gasteiger partial charge on any atom is 0.417 e. The number of alkyl halides is 3. The Labute approximate surface area is 231 Å². The first-order chi connectivity index (χ1) is 18.5. The van der Waals surface area contributed by atoms with Crippen LogP contribution in [0.2, 0.25) is 5.02 Å². The molecule has 0 aliphatic carbocycles. The van der Waals surface area contributed by atoms with Crippen molar-refractivity contribution in [1.29, 1.82) is 0 Å². The Balaban J connectivity index is 1.85. The second-order valence-corrected chi connectivity index (χ2v) is 11.3. The molecule has 0 saturated carbocycles. The van der Waals surface area contributed by atoms with Crippen molar-refractivity contribution in [1.82, 2.24) is 14.9 Å². The summed E-state index contributed by atoms with van der Waals surface area (Å²) >= 11 is 7.16. The highest BCUT2D eigenvalue weighted by Crippen LogP contribution is 2.48. The Hall–Kier alpha value is -2.38. The molecule has 1 aromatic heterocycles. The number of nitrogens with one attached hydrogen (secondary N) is 1. The first-order valence-corrected chi connectivity index (χ1v) is 13.7. The molecule has 1 N–H and O–H groups in total. The normalized spacial score (nSPS) is 21.8. The van der Waals surface area contributed by atoms with E-state index in [-0.39, 0.29) is 63.4 Å². The molecule has 210 valence electrons. The van der Waals surface area contributed by atoms with Crippen LogP contribution in [0.3, 0.4) is 0 Å². The second kappa shape index (κ2) is 10.9. The zero-order valence-corrected chi connectivity index (χ0v) is 23.0. The van der Waals surface area contributed by atoms with Crippen molar-refractivity contribution in [3.05, 3.63) is 51.2 Å². The largest absolute Gasteiger partial charge is 0.417 e. The number of hydrogen-bond donors (Lipinski definition) is 1. The predicted molar refractivity (Wildman–Crippen MR) is 143 cm³/mol. The lowest BCUT2D eigenvalue weighted by molar-refractivity contribution is -0.137. The van der Waals surface area contributed by atoms with E-state index in [1.807, 2.05) is 18.7 Å². The van der Waals surface area contributed by atoms with E-state index in [9.17, 15) is 22.4 Å². The van der Waals surface area contributed by atoms with E-state index in [1.165, 1.54) is 23.8 Å². The first kappa shape index (κ1) is 28.2. The second-order valence-electron chi connectivity index (χ2n) is 9.86. The van der Waals surface area contributed by atoms with Gasteiger partial charge in [0.05, 0.1) is 28.8 Å². The fraction of sp³-hybridized carbons (Fsp3) is 0.462. The number of ether oxygens (including phenoxy) is 2. The average molecular weight is 587 g/mol. The Morgan fingerprint density at radius 1 is 1.18 bits per heavy atom. The van der Waals surface area contributed by atoms with Gasteiger partial charge in [0, 0.05) is 53.9 Å². The molecule has 13 heteroatoms. The number of piperazine rings is 1. The van der Waals surface area contributed by atoms with Crippen molar-refractivity contribution in [2.45, 2.75) is 49.7 Å². The van der Waals surface area contributed by atoms with Gasteiger partial charge in [-0.2, -0.15) is 18.2 Å². The van der Waals surface area contributed by atoms with Crippen molar-refractivity contribution in [2.24, 2.45) is 0 Å². The Kier molecular flexibility index (Phi) is 7.86. The minimum absolute atomic E-state index is 0.0344. The number of methoxy groups -OCH3 is 1. The van der Waals surface area contributed by atoms with Gasteiger partial charge in [-0.3, -0.25) is 4.57 Å². The van der Waals surface area contributed by atoms with E-state index in [2.05, 4.69) is 10.3 Å². The van der Waals surface area contributed by atoms with Gasteiger partial charge < -0.3 is 19.7 Å². The highest BCUT2D eigenvalue weighted by atomic mass is 35.5. The summed E-state index contributed by atoms with van der Waals surface area (Å²) < 4.78 is 70.3. The van der Waals surface area contributed by atoms with Gasteiger partial charge in [-0.25, -0.2) is 9.18 Å². The fourth-order valence-electron chi connectivity index (χ4n) is 5.30. The van der Waals surface area contributed by atoms with Crippen molar-refractivity contribution in [3.63, 3.8) is 0 Å². The summed E-state index contributed by atoms with van der Waals surface area (Å²) in [5.74, 6) is -0.287. The standard InChI is InChI=1S/C26H27ClF4N4O3S/c1-13-8-34(9-14(2)32-13)24-17-7-18(26(29,30)31)21(15-4-5-20(28)19(27)6-15)23-22(17)35(25(36)33-24)10-16(11-39-23)38-12-37-3/h4-7,13-14,16,32H,8-12H2,1-3H3/t13-,14+,16-/m0/s1. The monoisotopic (exact) mass is 586 g/mol. The number of rotatable bonds is 5. The van der Waals surface area contributed by atoms with E-state index in [1.54, 1.807) is 0 Å². The number of halogens is 5. The van der Waals surface area contributed by atoms with Gasteiger partial charge in [-0.15, -0.1) is 11.8 Å². The molecule has 2 aliphatic heterocycles. The van der Waals surface area contributed by atoms with Crippen LogP contribution in [0.4, 0.5) is 23.4 Å². The molecule has 0 spiro atoms. The number of aromatic nitrogens is 2. The van der Waals surface area contributed by atoms with Gasteiger partial charge in [-0.05, 0) is 37.6 Å². The zero-order valence-electron chi connectivity index (χ0n) is 21.4. The van der Waals surface area contributed by atoms with Crippen LogP contribution in [0.15, 0.2) is 34.0 Å². The maximum absolute atomic E-state index is 14.7. The first-order valence-electron chi connectivity index (χ1n) is 12.4. The van der Waals surface area contributed by atoms with Crippen LogP contribution in [0.5, 0.6) is 0 Å². The van der Waals surface area contributed by atoms with Crippen molar-refractivity contribution in [3.8, 4) is 11.1 Å². The van der Waals surface area contributed by atoms with Gasteiger partial charge >= 0.3 is 11.9 Å². The molecule has 2 aliphatic rings. The topological polar surface area (TPSA) is 68.6 Å². The third kappa shape index (κ3) is 5.49. The lowest BCUT2D eigenvalue weighted by Crippen LogP contribution is -2.55. The minimum atomic E-state index is -4.76. The van der Waals surface area contributed by atoms with E-state index in [4.69, 9.17) is 21.1 Å². The van der Waals surface area contributed by atoms with Gasteiger partial charge in [0.2, 0.25) is 0 Å². The molecule has 3 aromatic rings. The van der Waals surface area contributed by atoms with Crippen molar-refractivity contribution in [2.75, 3.05) is 37.6 Å². The molecule has 0 radical (unpaired) electrons. The van der Waals surface area contributed by atoms with Gasteiger partial charge in [0.1, 0.15) is 18.4 Å². The molecule has 0 amide bonds. The molecular weight excluding hydrogens is 560 g/mol. The van der Waals surface area contributed by atoms with Crippen LogP contribution in [-0.2, 0) is 22.2 Å². The number of thioether (sulfide) groups is 1. The van der Waals surface area contributed by atoms with Crippen molar-refractivity contribution >= 4 is 40.1 Å². The van der Waals surface area contributed by atoms with Crippen LogP contribution in [0.25, 0.3) is 22.0 Å². The smallest absolute Gasteiger partial charge is 0.359 e. The summed E-state index contributed by atoms with van der Waals surface area (Å²) in [5.41, 5.74) is -1.24. The Morgan fingerprint density at radius 3 is 2.54 bits per heavy atom. The fourth-order valence-corrected chi connectivity index (χ4v) is 6.77. The molecule has 2 aromatic carbocycles. The number of nitrogens with zero attached hydrogens (tertiary/aromatic N) is 3. The third-order valence-corrected chi connectivity index (χ3v) is 8.30. The van der Waals surface area contributed by atoms with E-state index in [0.717, 1.165) is 23.9 Å².